The van der Waals surface area contributed by atoms with Gasteiger partial charge in [-0.15, -0.1) is 0 Å². The molecule has 0 bridgehead atoms. The van der Waals surface area contributed by atoms with Crippen molar-refractivity contribution in [2.45, 2.75) is 6.92 Å². The Morgan fingerprint density at radius 2 is 1.83 bits per heavy atom. The summed E-state index contributed by atoms with van der Waals surface area (Å²) in [6.45, 7) is 1.88. The average molecular weight is 319 g/mol. The van der Waals surface area contributed by atoms with Gasteiger partial charge in [0.1, 0.15) is 16.6 Å². The molecule has 0 unspecified atom stereocenters. The number of aromatic amines is 1. The van der Waals surface area contributed by atoms with E-state index in [2.05, 4.69) is 15.0 Å². The van der Waals surface area contributed by atoms with Gasteiger partial charge in [0.15, 0.2) is 0 Å². The molecule has 2 aromatic heterocycles. The van der Waals surface area contributed by atoms with Crippen LogP contribution in [0.2, 0.25) is 0 Å². The number of carbonyl (C=O) groups excluding carboxylic acids is 1. The number of carbonyl (C=O) groups is 1. The van der Waals surface area contributed by atoms with Crippen molar-refractivity contribution in [1.29, 1.82) is 0 Å². The average Bonchev–Trinajstić information content (AvgIpc) is 2.61. The molecule has 2 heterocycles. The molecule has 0 atom stereocenters. The smallest absolute Gasteiger partial charge is 0.344 e. The van der Waals surface area contributed by atoms with Crippen LogP contribution in [0.3, 0.4) is 0 Å². The fourth-order valence-corrected chi connectivity index (χ4v) is 2.83. The normalized spacial score (nSPS) is 11.2. The van der Waals surface area contributed by atoms with Crippen LogP contribution in [0.4, 0.5) is 0 Å². The summed E-state index contributed by atoms with van der Waals surface area (Å²) < 4.78 is 5.06. The molecule has 0 aliphatic heterocycles. The van der Waals surface area contributed by atoms with Crippen molar-refractivity contribution in [3.63, 3.8) is 0 Å². The van der Waals surface area contributed by atoms with Crippen molar-refractivity contribution >= 4 is 38.8 Å². The first-order chi connectivity index (χ1) is 11.7. The number of aromatic nitrogens is 3. The molecule has 0 aliphatic rings. The van der Waals surface area contributed by atoms with Gasteiger partial charge >= 0.3 is 5.97 Å². The third-order valence-electron chi connectivity index (χ3n) is 3.88. The Labute approximate surface area is 136 Å². The standard InChI is InChI=1S/C18H13N3O3/c1-2-24-18(23)14-16-15(10-5-3-4-6-11(10)17(14)22)21-13-9-19-8-7-12(13)20-16/h3-9,19H,2H2,1H3. The maximum atomic E-state index is 12.8. The van der Waals surface area contributed by atoms with Gasteiger partial charge in [-0.25, -0.2) is 14.8 Å². The Morgan fingerprint density at radius 1 is 1.08 bits per heavy atom. The van der Waals surface area contributed by atoms with E-state index in [0.717, 1.165) is 0 Å². The Morgan fingerprint density at radius 3 is 2.62 bits per heavy atom. The van der Waals surface area contributed by atoms with Crippen LogP contribution in [-0.2, 0) is 4.74 Å². The molecule has 1 N–H and O–H groups in total. The molecule has 0 saturated heterocycles. The van der Waals surface area contributed by atoms with Crippen LogP contribution in [0, 0.1) is 0 Å². The summed E-state index contributed by atoms with van der Waals surface area (Å²) in [5.41, 5.74) is 1.60. The highest BCUT2D eigenvalue weighted by Crippen LogP contribution is 2.25. The van der Waals surface area contributed by atoms with Gasteiger partial charge in [-0.1, -0.05) is 24.3 Å². The zero-order chi connectivity index (χ0) is 16.7. The summed E-state index contributed by atoms with van der Waals surface area (Å²) in [6.07, 6.45) is 3.44. The molecule has 0 fully saturated rings. The zero-order valence-electron chi connectivity index (χ0n) is 12.9. The first-order valence-corrected chi connectivity index (χ1v) is 7.57. The molecule has 24 heavy (non-hydrogen) atoms. The largest absolute Gasteiger partial charge is 0.462 e. The summed E-state index contributed by atoms with van der Waals surface area (Å²) in [5.74, 6) is -0.672. The van der Waals surface area contributed by atoms with E-state index >= 15 is 0 Å². The lowest BCUT2D eigenvalue weighted by Crippen LogP contribution is -2.19. The van der Waals surface area contributed by atoms with Crippen LogP contribution in [0.5, 0.6) is 0 Å². The molecule has 0 amide bonds. The maximum absolute atomic E-state index is 12.8. The lowest BCUT2D eigenvalue weighted by atomic mass is 10.0. The molecule has 0 spiro atoms. The predicted octanol–water partition coefficient (Wildman–Crippen LogP) is 2.80. The Bertz CT molecular complexity index is 1160. The fourth-order valence-electron chi connectivity index (χ4n) is 2.83. The summed E-state index contributed by atoms with van der Waals surface area (Å²) in [6, 6.07) is 8.82. The molecule has 4 rings (SSSR count). The molecule has 0 saturated carbocycles. The Balaban J connectivity index is 2.25. The fraction of sp³-hybridized carbons (Fsp3) is 0.111. The van der Waals surface area contributed by atoms with Gasteiger partial charge in [0.25, 0.3) is 0 Å². The van der Waals surface area contributed by atoms with Gasteiger partial charge in [0, 0.05) is 23.2 Å². The van der Waals surface area contributed by atoms with Crippen molar-refractivity contribution in [2.24, 2.45) is 0 Å². The highest BCUT2D eigenvalue weighted by molar-refractivity contribution is 6.14. The number of hydrogen-bond donors (Lipinski definition) is 1. The Kier molecular flexibility index (Phi) is 3.23. The van der Waals surface area contributed by atoms with E-state index in [1.807, 2.05) is 6.07 Å². The minimum Gasteiger partial charge on any atom is -0.462 e. The summed E-state index contributed by atoms with van der Waals surface area (Å²) >= 11 is 0. The van der Waals surface area contributed by atoms with E-state index in [1.54, 1.807) is 43.6 Å². The number of rotatable bonds is 2. The summed E-state index contributed by atoms with van der Waals surface area (Å²) in [4.78, 5) is 37.3. The lowest BCUT2D eigenvalue weighted by molar-refractivity contribution is 0.0527. The summed E-state index contributed by atoms with van der Waals surface area (Å²) in [7, 11) is 0. The van der Waals surface area contributed by atoms with Gasteiger partial charge in [0.2, 0.25) is 5.43 Å². The second kappa shape index (κ2) is 5.42. The van der Waals surface area contributed by atoms with Crippen molar-refractivity contribution in [2.75, 3.05) is 6.61 Å². The van der Waals surface area contributed by atoms with Crippen LogP contribution in [-0.4, -0.2) is 27.5 Å². The van der Waals surface area contributed by atoms with E-state index in [4.69, 9.17) is 4.74 Å². The van der Waals surface area contributed by atoms with E-state index in [-0.39, 0.29) is 23.1 Å². The minimum absolute atomic E-state index is 0.0622. The lowest BCUT2D eigenvalue weighted by Gasteiger charge is -2.09. The van der Waals surface area contributed by atoms with Crippen LogP contribution in [0.15, 0.2) is 47.5 Å². The number of pyridine rings is 1. The zero-order valence-corrected chi connectivity index (χ0v) is 12.9. The van der Waals surface area contributed by atoms with Gasteiger partial charge in [-0.05, 0) is 13.0 Å². The molecule has 6 nitrogen and oxygen atoms in total. The quantitative estimate of drug-likeness (QED) is 0.349. The minimum atomic E-state index is -0.672. The van der Waals surface area contributed by atoms with Crippen molar-refractivity contribution in [3.8, 4) is 0 Å². The summed E-state index contributed by atoms with van der Waals surface area (Å²) in [5, 5.41) is 1.10. The first kappa shape index (κ1) is 14.3. The van der Waals surface area contributed by atoms with E-state index in [9.17, 15) is 9.59 Å². The number of esters is 1. The highest BCUT2D eigenvalue weighted by Gasteiger charge is 2.22. The van der Waals surface area contributed by atoms with E-state index in [1.165, 1.54) is 0 Å². The molecular weight excluding hydrogens is 306 g/mol. The van der Waals surface area contributed by atoms with Gasteiger partial charge in [-0.2, -0.15) is 0 Å². The van der Waals surface area contributed by atoms with Crippen LogP contribution < -0.4 is 5.43 Å². The number of benzene rings is 2. The molecular formula is C18H13N3O3. The van der Waals surface area contributed by atoms with Gasteiger partial charge in [0.05, 0.1) is 17.6 Å². The van der Waals surface area contributed by atoms with Gasteiger partial charge in [-0.3, -0.25) is 4.79 Å². The van der Waals surface area contributed by atoms with Crippen LogP contribution in [0.1, 0.15) is 17.3 Å². The third-order valence-corrected chi connectivity index (χ3v) is 3.88. The van der Waals surface area contributed by atoms with E-state index in [0.29, 0.717) is 27.3 Å². The number of hydrogen-bond acceptors (Lipinski definition) is 5. The first-order valence-electron chi connectivity index (χ1n) is 7.57. The topological polar surface area (TPSA) is 84.9 Å². The van der Waals surface area contributed by atoms with Gasteiger partial charge < -0.3 is 9.72 Å². The number of ether oxygens (including phenoxy) is 1. The maximum Gasteiger partial charge on any atom is 0.344 e. The van der Waals surface area contributed by atoms with E-state index < -0.39 is 5.97 Å². The third kappa shape index (κ3) is 2.04. The van der Waals surface area contributed by atoms with Crippen molar-refractivity contribution in [1.82, 2.24) is 15.0 Å². The number of nitrogens with one attached hydrogen (secondary N) is 1. The molecule has 4 aromatic rings. The van der Waals surface area contributed by atoms with Crippen molar-refractivity contribution < 1.29 is 9.53 Å². The molecule has 118 valence electrons. The second-order valence-corrected chi connectivity index (χ2v) is 5.31. The molecule has 2 aromatic carbocycles. The molecule has 6 heteroatoms. The van der Waals surface area contributed by atoms with Crippen molar-refractivity contribution in [3.05, 3.63) is 58.5 Å². The SMILES string of the molecule is CCOC(=O)c1c(=O)c2ccccc2c2nc3c[nH]ccc3nc12. The number of H-pyrrole nitrogens is 1. The monoisotopic (exact) mass is 319 g/mol. The predicted molar refractivity (Wildman–Crippen MR) is 91.1 cm³/mol. The highest BCUT2D eigenvalue weighted by atomic mass is 16.5. The Hall–Kier alpha value is -3.28. The number of fused-ring (bicyclic) bond motifs is 4. The van der Waals surface area contributed by atoms with Crippen LogP contribution >= 0.6 is 0 Å². The molecule has 0 radical (unpaired) electrons. The molecule has 0 aliphatic carbocycles. The number of nitrogens with zero attached hydrogens (tertiary/aromatic N) is 2. The second-order valence-electron chi connectivity index (χ2n) is 5.31. The van der Waals surface area contributed by atoms with Crippen LogP contribution in [0.25, 0.3) is 32.8 Å².